The molecule has 6 heteroatoms. The fourth-order valence-corrected chi connectivity index (χ4v) is 0.960. The van der Waals surface area contributed by atoms with Gasteiger partial charge in [0, 0.05) is 0 Å². The highest BCUT2D eigenvalue weighted by Gasteiger charge is 2.58. The molecule has 1 rings (SSSR count). The van der Waals surface area contributed by atoms with Crippen molar-refractivity contribution in [3.05, 3.63) is 10.9 Å². The average Bonchev–Trinajstić information content (AvgIpc) is 1.91. The summed E-state index contributed by atoms with van der Waals surface area (Å²) in [5.41, 5.74) is 0. The molecular formula is C5H2ClF5. The first-order chi connectivity index (χ1) is 4.77. The molecule has 0 saturated heterocycles. The molecule has 0 saturated carbocycles. The van der Waals surface area contributed by atoms with Gasteiger partial charge in [0.2, 0.25) is 0 Å². The van der Waals surface area contributed by atoms with Crippen LogP contribution in [0.2, 0.25) is 0 Å². The summed E-state index contributed by atoms with van der Waals surface area (Å²) in [4.78, 5) is 0. The topological polar surface area (TPSA) is 0 Å². The van der Waals surface area contributed by atoms with E-state index >= 15 is 0 Å². The standard InChI is InChI=1S/C5H2ClF5/c6-2-3(7)5(10,11)1-4(2,8)9/h1H2. The van der Waals surface area contributed by atoms with E-state index in [0.29, 0.717) is 0 Å². The molecule has 0 heterocycles. The highest BCUT2D eigenvalue weighted by molar-refractivity contribution is 6.31. The maximum Gasteiger partial charge on any atom is 0.306 e. The van der Waals surface area contributed by atoms with Crippen molar-refractivity contribution in [3.8, 4) is 0 Å². The summed E-state index contributed by atoms with van der Waals surface area (Å²) >= 11 is 4.61. The van der Waals surface area contributed by atoms with E-state index < -0.39 is 29.1 Å². The zero-order chi connectivity index (χ0) is 8.86. The molecule has 0 aliphatic heterocycles. The molecule has 0 spiro atoms. The van der Waals surface area contributed by atoms with Crippen LogP contribution in [0.3, 0.4) is 0 Å². The van der Waals surface area contributed by atoms with E-state index in [0.717, 1.165) is 0 Å². The van der Waals surface area contributed by atoms with Crippen molar-refractivity contribution < 1.29 is 22.0 Å². The van der Waals surface area contributed by atoms with Crippen LogP contribution in [0.4, 0.5) is 22.0 Å². The van der Waals surface area contributed by atoms with E-state index in [4.69, 9.17) is 0 Å². The summed E-state index contributed by atoms with van der Waals surface area (Å²) in [5, 5.41) is -1.68. The van der Waals surface area contributed by atoms with Crippen molar-refractivity contribution in [1.29, 1.82) is 0 Å². The van der Waals surface area contributed by atoms with Crippen LogP contribution < -0.4 is 0 Å². The molecule has 0 N–H and O–H groups in total. The van der Waals surface area contributed by atoms with Gasteiger partial charge in [-0.3, -0.25) is 0 Å². The van der Waals surface area contributed by atoms with Crippen LogP contribution in [0, 0.1) is 0 Å². The van der Waals surface area contributed by atoms with Crippen molar-refractivity contribution in [3.63, 3.8) is 0 Å². The third kappa shape index (κ3) is 1.21. The van der Waals surface area contributed by atoms with Crippen LogP contribution in [0.1, 0.15) is 6.42 Å². The molecule has 0 fully saturated rings. The van der Waals surface area contributed by atoms with E-state index in [1.807, 2.05) is 0 Å². The summed E-state index contributed by atoms with van der Waals surface area (Å²) < 4.78 is 60.6. The van der Waals surface area contributed by atoms with Gasteiger partial charge < -0.3 is 0 Å². The Morgan fingerprint density at radius 1 is 1.09 bits per heavy atom. The summed E-state index contributed by atoms with van der Waals surface area (Å²) in [7, 11) is 0. The van der Waals surface area contributed by atoms with Crippen molar-refractivity contribution >= 4 is 11.6 Å². The molecule has 0 bridgehead atoms. The zero-order valence-electron chi connectivity index (χ0n) is 4.97. The molecule has 1 aliphatic rings. The fraction of sp³-hybridized carbons (Fsp3) is 0.600. The predicted molar refractivity (Wildman–Crippen MR) is 28.5 cm³/mol. The largest absolute Gasteiger partial charge is 0.306 e. The lowest BCUT2D eigenvalue weighted by Crippen LogP contribution is -2.19. The molecule has 1 aliphatic carbocycles. The molecule has 0 aromatic rings. The Kier molecular flexibility index (Phi) is 1.67. The SMILES string of the molecule is FC1=C(Cl)C(F)(F)CC1(F)F. The molecule has 64 valence electrons. The third-order valence-electron chi connectivity index (χ3n) is 1.28. The Labute approximate surface area is 63.6 Å². The van der Waals surface area contributed by atoms with Gasteiger partial charge in [0.1, 0.15) is 5.03 Å². The number of allylic oxidation sites excluding steroid dienone is 2. The first kappa shape index (κ1) is 8.77. The van der Waals surface area contributed by atoms with Gasteiger partial charge in [0.05, 0.1) is 6.42 Å². The van der Waals surface area contributed by atoms with Crippen LogP contribution in [-0.4, -0.2) is 11.8 Å². The quantitative estimate of drug-likeness (QED) is 0.518. The lowest BCUT2D eigenvalue weighted by atomic mass is 10.2. The van der Waals surface area contributed by atoms with Crippen LogP contribution >= 0.6 is 11.6 Å². The maximum absolute atomic E-state index is 12.2. The first-order valence-corrected chi connectivity index (χ1v) is 2.97. The van der Waals surface area contributed by atoms with Crippen LogP contribution in [0.5, 0.6) is 0 Å². The Bertz CT molecular complexity index is 197. The van der Waals surface area contributed by atoms with Crippen LogP contribution in [0.15, 0.2) is 10.9 Å². The summed E-state index contributed by atoms with van der Waals surface area (Å²) in [6.45, 7) is 0. The average molecular weight is 193 g/mol. The Morgan fingerprint density at radius 2 is 1.55 bits per heavy atom. The second kappa shape index (κ2) is 2.09. The monoisotopic (exact) mass is 192 g/mol. The van der Waals surface area contributed by atoms with Gasteiger partial charge in [-0.15, -0.1) is 0 Å². The second-order valence-electron chi connectivity index (χ2n) is 2.21. The van der Waals surface area contributed by atoms with Crippen LogP contribution in [-0.2, 0) is 0 Å². The zero-order valence-corrected chi connectivity index (χ0v) is 5.73. The fourth-order valence-electron chi connectivity index (χ4n) is 0.755. The Hall–Kier alpha value is -0.320. The minimum absolute atomic E-state index is 1.68. The van der Waals surface area contributed by atoms with E-state index in [1.165, 1.54) is 0 Å². The number of halogens is 6. The molecule has 0 unspecified atom stereocenters. The summed E-state index contributed by atoms with van der Waals surface area (Å²) in [6, 6.07) is 0. The van der Waals surface area contributed by atoms with E-state index in [1.54, 1.807) is 0 Å². The highest BCUT2D eigenvalue weighted by Crippen LogP contribution is 2.51. The van der Waals surface area contributed by atoms with Crippen molar-refractivity contribution in [2.24, 2.45) is 0 Å². The smallest absolute Gasteiger partial charge is 0.204 e. The number of alkyl halides is 4. The molecular weight excluding hydrogens is 190 g/mol. The molecule has 0 radical (unpaired) electrons. The molecule has 0 aromatic carbocycles. The Balaban J connectivity index is 3.09. The highest BCUT2D eigenvalue weighted by atomic mass is 35.5. The molecule has 0 aromatic heterocycles. The van der Waals surface area contributed by atoms with Gasteiger partial charge in [-0.1, -0.05) is 11.6 Å². The molecule has 0 nitrogen and oxygen atoms in total. The summed E-state index contributed by atoms with van der Waals surface area (Å²) in [5.74, 6) is -10.3. The maximum atomic E-state index is 12.2. The molecule has 0 amide bonds. The lowest BCUT2D eigenvalue weighted by molar-refractivity contribution is -0.0488. The van der Waals surface area contributed by atoms with Gasteiger partial charge in [-0.2, -0.15) is 17.6 Å². The van der Waals surface area contributed by atoms with Gasteiger partial charge in [-0.05, 0) is 0 Å². The van der Waals surface area contributed by atoms with E-state index in [2.05, 4.69) is 11.6 Å². The minimum Gasteiger partial charge on any atom is -0.204 e. The number of hydrogen-bond donors (Lipinski definition) is 0. The number of rotatable bonds is 0. The van der Waals surface area contributed by atoms with E-state index in [9.17, 15) is 22.0 Å². The minimum atomic E-state index is -4.11. The van der Waals surface area contributed by atoms with Gasteiger partial charge in [0.25, 0.3) is 5.92 Å². The van der Waals surface area contributed by atoms with E-state index in [-0.39, 0.29) is 0 Å². The molecule has 0 atom stereocenters. The van der Waals surface area contributed by atoms with Gasteiger partial charge in [0.15, 0.2) is 5.83 Å². The van der Waals surface area contributed by atoms with Gasteiger partial charge in [-0.25, -0.2) is 4.39 Å². The molecule has 11 heavy (non-hydrogen) atoms. The van der Waals surface area contributed by atoms with Crippen LogP contribution in [0.25, 0.3) is 0 Å². The van der Waals surface area contributed by atoms with Crippen molar-refractivity contribution in [2.75, 3.05) is 0 Å². The number of hydrogen-bond acceptors (Lipinski definition) is 0. The first-order valence-electron chi connectivity index (χ1n) is 2.59. The summed E-state index contributed by atoms with van der Waals surface area (Å²) in [6.07, 6.45) is -1.87. The lowest BCUT2D eigenvalue weighted by Gasteiger charge is -2.09. The van der Waals surface area contributed by atoms with Crippen molar-refractivity contribution in [2.45, 2.75) is 18.3 Å². The third-order valence-corrected chi connectivity index (χ3v) is 1.72. The van der Waals surface area contributed by atoms with Crippen molar-refractivity contribution in [1.82, 2.24) is 0 Å². The van der Waals surface area contributed by atoms with Gasteiger partial charge >= 0.3 is 5.92 Å². The second-order valence-corrected chi connectivity index (χ2v) is 2.59. The Morgan fingerprint density at radius 3 is 1.64 bits per heavy atom. The normalized spacial score (nSPS) is 27.8. The predicted octanol–water partition coefficient (Wildman–Crippen LogP) is 3.08.